The van der Waals surface area contributed by atoms with Gasteiger partial charge >= 0.3 is 6.03 Å². The molecule has 20 heavy (non-hydrogen) atoms. The van der Waals surface area contributed by atoms with E-state index < -0.39 is 9.84 Å². The van der Waals surface area contributed by atoms with Crippen LogP contribution in [0.2, 0.25) is 0 Å². The van der Waals surface area contributed by atoms with Crippen LogP contribution >= 0.6 is 0 Å². The van der Waals surface area contributed by atoms with E-state index in [0.29, 0.717) is 6.54 Å². The molecule has 1 N–H and O–H groups in total. The van der Waals surface area contributed by atoms with E-state index in [1.54, 1.807) is 26.5 Å². The molecule has 7 nitrogen and oxygen atoms in total. The fourth-order valence-corrected chi connectivity index (χ4v) is 2.37. The number of sulfone groups is 1. The number of aromatic nitrogens is 2. The summed E-state index contributed by atoms with van der Waals surface area (Å²) in [7, 11) is -1.44. The molecule has 1 aromatic rings. The fraction of sp³-hybridized carbons (Fsp3) is 0.667. The highest BCUT2D eigenvalue weighted by atomic mass is 32.2. The topological polar surface area (TPSA) is 84.3 Å². The maximum Gasteiger partial charge on any atom is 0.317 e. The van der Waals surface area contributed by atoms with Gasteiger partial charge in [0.2, 0.25) is 0 Å². The summed E-state index contributed by atoms with van der Waals surface area (Å²) in [6, 6.07) is -0.248. The van der Waals surface area contributed by atoms with E-state index in [9.17, 15) is 13.2 Å². The number of hydrogen-bond acceptors (Lipinski definition) is 4. The lowest BCUT2D eigenvalue weighted by molar-refractivity contribution is 0.211. The van der Waals surface area contributed by atoms with Crippen LogP contribution in [0.3, 0.4) is 0 Å². The van der Waals surface area contributed by atoms with Crippen LogP contribution in [0, 0.1) is 0 Å². The molecule has 0 bridgehead atoms. The lowest BCUT2D eigenvalue weighted by Crippen LogP contribution is -2.40. The molecule has 0 aliphatic rings. The lowest BCUT2D eigenvalue weighted by Gasteiger charge is -2.17. The monoisotopic (exact) mass is 302 g/mol. The molecule has 0 radical (unpaired) electrons. The van der Waals surface area contributed by atoms with Gasteiger partial charge in [0.1, 0.15) is 0 Å². The summed E-state index contributed by atoms with van der Waals surface area (Å²) in [5.41, 5.74) is 0. The van der Waals surface area contributed by atoms with Crippen LogP contribution in [0.25, 0.3) is 0 Å². The Bertz CT molecular complexity index is 499. The minimum atomic E-state index is -3.03. The molecule has 1 aromatic heterocycles. The minimum Gasteiger partial charge on any atom is -0.338 e. The first-order valence-corrected chi connectivity index (χ1v) is 8.42. The summed E-state index contributed by atoms with van der Waals surface area (Å²) in [6.07, 6.45) is 6.09. The van der Waals surface area contributed by atoms with Crippen molar-refractivity contribution in [1.82, 2.24) is 19.8 Å². The number of rotatable bonds is 8. The molecule has 2 amide bonds. The summed E-state index contributed by atoms with van der Waals surface area (Å²) < 4.78 is 24.6. The molecule has 0 aromatic carbocycles. The largest absolute Gasteiger partial charge is 0.338 e. The smallest absolute Gasteiger partial charge is 0.317 e. The van der Waals surface area contributed by atoms with Gasteiger partial charge in [0.15, 0.2) is 9.84 Å². The second-order valence-corrected chi connectivity index (χ2v) is 7.02. The van der Waals surface area contributed by atoms with Crippen molar-refractivity contribution in [1.29, 1.82) is 0 Å². The summed E-state index contributed by atoms with van der Waals surface area (Å²) >= 11 is 0. The highest BCUT2D eigenvalue weighted by molar-refractivity contribution is 7.91. The van der Waals surface area contributed by atoms with Gasteiger partial charge in [-0.3, -0.25) is 0 Å². The third-order valence-electron chi connectivity index (χ3n) is 2.95. The second-order valence-electron chi connectivity index (χ2n) is 4.54. The molecule has 8 heteroatoms. The van der Waals surface area contributed by atoms with Gasteiger partial charge in [-0.15, -0.1) is 0 Å². The standard InChI is InChI=1S/C12H22N4O3S/c1-3-20(18,19)10-9-15(2)12(17)14-5-4-7-16-8-6-13-11-16/h6,8,11H,3-5,7,9-10H2,1-2H3,(H,14,17). The highest BCUT2D eigenvalue weighted by Crippen LogP contribution is 1.93. The predicted octanol–water partition coefficient (Wildman–Crippen LogP) is 0.349. The zero-order chi connectivity index (χ0) is 15.0. The van der Waals surface area contributed by atoms with Crippen LogP contribution < -0.4 is 5.32 Å². The van der Waals surface area contributed by atoms with Gasteiger partial charge in [-0.05, 0) is 6.42 Å². The molecule has 0 saturated heterocycles. The molecule has 0 spiro atoms. The number of hydrogen-bond donors (Lipinski definition) is 1. The summed E-state index contributed by atoms with van der Waals surface area (Å²) in [5, 5.41) is 2.76. The van der Waals surface area contributed by atoms with Crippen LogP contribution in [0.1, 0.15) is 13.3 Å². The van der Waals surface area contributed by atoms with Crippen molar-refractivity contribution in [3.05, 3.63) is 18.7 Å². The fourth-order valence-electron chi connectivity index (χ4n) is 1.53. The van der Waals surface area contributed by atoms with Gasteiger partial charge in [-0.25, -0.2) is 18.2 Å². The average molecular weight is 302 g/mol. The van der Waals surface area contributed by atoms with Crippen LogP contribution in [0.5, 0.6) is 0 Å². The quantitative estimate of drug-likeness (QED) is 0.702. The van der Waals surface area contributed by atoms with E-state index in [-0.39, 0.29) is 24.1 Å². The van der Waals surface area contributed by atoms with Crippen molar-refractivity contribution < 1.29 is 13.2 Å². The average Bonchev–Trinajstić information content (AvgIpc) is 2.94. The molecule has 0 aliphatic carbocycles. The summed E-state index contributed by atoms with van der Waals surface area (Å²) in [5.74, 6) is 0.107. The van der Waals surface area contributed by atoms with Gasteiger partial charge in [-0.2, -0.15) is 0 Å². The van der Waals surface area contributed by atoms with Crippen molar-refractivity contribution in [2.45, 2.75) is 19.9 Å². The lowest BCUT2D eigenvalue weighted by atomic mass is 10.4. The van der Waals surface area contributed by atoms with Crippen LogP contribution in [0.4, 0.5) is 4.79 Å². The van der Waals surface area contributed by atoms with E-state index in [1.807, 2.05) is 10.8 Å². The number of urea groups is 1. The molecule has 0 atom stereocenters. The first kappa shape index (κ1) is 16.5. The number of nitrogens with one attached hydrogen (secondary N) is 1. The third-order valence-corrected chi connectivity index (χ3v) is 4.64. The van der Waals surface area contributed by atoms with Crippen molar-refractivity contribution in [3.8, 4) is 0 Å². The Morgan fingerprint density at radius 1 is 1.45 bits per heavy atom. The van der Waals surface area contributed by atoms with Crippen molar-refractivity contribution in [2.24, 2.45) is 0 Å². The first-order chi connectivity index (χ1) is 9.44. The molecule has 0 aliphatic heterocycles. The number of aryl methyl sites for hydroxylation is 1. The highest BCUT2D eigenvalue weighted by Gasteiger charge is 2.12. The SMILES string of the molecule is CCS(=O)(=O)CCN(C)C(=O)NCCCn1ccnc1. The normalized spacial score (nSPS) is 11.3. The Labute approximate surface area is 119 Å². The maximum absolute atomic E-state index is 11.7. The third kappa shape index (κ3) is 6.05. The number of imidazole rings is 1. The molecular weight excluding hydrogens is 280 g/mol. The van der Waals surface area contributed by atoms with Gasteiger partial charge in [0, 0.05) is 44.8 Å². The number of carbonyl (C=O) groups is 1. The van der Waals surface area contributed by atoms with E-state index >= 15 is 0 Å². The number of nitrogens with zero attached hydrogens (tertiary/aromatic N) is 3. The molecule has 1 heterocycles. The van der Waals surface area contributed by atoms with Gasteiger partial charge in [-0.1, -0.05) is 6.92 Å². The molecule has 1 rings (SSSR count). The molecule has 0 saturated carbocycles. The minimum absolute atomic E-state index is 0.00244. The van der Waals surface area contributed by atoms with Gasteiger partial charge in [0.25, 0.3) is 0 Å². The van der Waals surface area contributed by atoms with E-state index in [2.05, 4.69) is 10.3 Å². The molecular formula is C12H22N4O3S. The first-order valence-electron chi connectivity index (χ1n) is 6.59. The zero-order valence-corrected chi connectivity index (χ0v) is 12.8. The van der Waals surface area contributed by atoms with Crippen LogP contribution in [0.15, 0.2) is 18.7 Å². The molecule has 0 fully saturated rings. The van der Waals surface area contributed by atoms with Gasteiger partial charge in [0.05, 0.1) is 12.1 Å². The van der Waals surface area contributed by atoms with E-state index in [1.165, 1.54) is 4.90 Å². The Morgan fingerprint density at radius 2 is 2.20 bits per heavy atom. The second kappa shape index (κ2) is 7.88. The molecule has 114 valence electrons. The summed E-state index contributed by atoms with van der Waals surface area (Å²) in [6.45, 7) is 3.14. The van der Waals surface area contributed by atoms with Crippen molar-refractivity contribution >= 4 is 15.9 Å². The summed E-state index contributed by atoms with van der Waals surface area (Å²) in [4.78, 5) is 17.0. The van der Waals surface area contributed by atoms with Crippen LogP contribution in [-0.4, -0.2) is 60.5 Å². The maximum atomic E-state index is 11.7. The Kier molecular flexibility index (Phi) is 6.50. The zero-order valence-electron chi connectivity index (χ0n) is 11.9. The van der Waals surface area contributed by atoms with Crippen molar-refractivity contribution in [2.75, 3.05) is 31.6 Å². The van der Waals surface area contributed by atoms with E-state index in [0.717, 1.165) is 13.0 Å². The Hall–Kier alpha value is -1.57. The number of carbonyl (C=O) groups excluding carboxylic acids is 1. The van der Waals surface area contributed by atoms with E-state index in [4.69, 9.17) is 0 Å². The molecule has 0 unspecified atom stereocenters. The predicted molar refractivity (Wildman–Crippen MR) is 77.2 cm³/mol. The van der Waals surface area contributed by atoms with Crippen molar-refractivity contribution in [3.63, 3.8) is 0 Å². The Morgan fingerprint density at radius 3 is 2.80 bits per heavy atom. The van der Waals surface area contributed by atoms with Crippen LogP contribution in [-0.2, 0) is 16.4 Å². The Balaban J connectivity index is 2.18. The number of amides is 2. The van der Waals surface area contributed by atoms with Gasteiger partial charge < -0.3 is 14.8 Å².